The van der Waals surface area contributed by atoms with Crippen LogP contribution in [0.2, 0.25) is 0 Å². The summed E-state index contributed by atoms with van der Waals surface area (Å²) in [5, 5.41) is 12.6. The van der Waals surface area contributed by atoms with E-state index in [4.69, 9.17) is 9.84 Å². The smallest absolute Gasteiger partial charge is 0.351 e. The van der Waals surface area contributed by atoms with Gasteiger partial charge in [-0.05, 0) is 39.0 Å². The van der Waals surface area contributed by atoms with Crippen LogP contribution < -0.4 is 10.2 Å². The van der Waals surface area contributed by atoms with Crippen LogP contribution in [0.15, 0.2) is 27.8 Å². The Hall–Kier alpha value is -1.82. The molecule has 1 aromatic rings. The largest absolute Gasteiger partial charge is 0.481 e. The van der Waals surface area contributed by atoms with E-state index in [-0.39, 0.29) is 5.71 Å². The van der Waals surface area contributed by atoms with E-state index in [1.807, 2.05) is 32.1 Å². The number of carboxylic acid groups (broad SMARTS) is 1. The molecule has 2 N–H and O–H groups in total. The van der Waals surface area contributed by atoms with E-state index in [9.17, 15) is 4.79 Å². The van der Waals surface area contributed by atoms with Crippen LogP contribution in [0.3, 0.4) is 0 Å². The Morgan fingerprint density at radius 1 is 1.45 bits per heavy atom. The van der Waals surface area contributed by atoms with Crippen LogP contribution in [0.5, 0.6) is 5.75 Å². The van der Waals surface area contributed by atoms with Gasteiger partial charge in [0.15, 0.2) is 5.75 Å². The summed E-state index contributed by atoms with van der Waals surface area (Å²) in [5.74, 6) is -0.418. The van der Waals surface area contributed by atoms with E-state index >= 15 is 0 Å². The fourth-order valence-electron chi connectivity index (χ4n) is 1.70. The molecule has 0 aliphatic carbocycles. The zero-order valence-corrected chi connectivity index (χ0v) is 13.0. The first-order valence-corrected chi connectivity index (χ1v) is 6.84. The first-order chi connectivity index (χ1) is 9.30. The summed E-state index contributed by atoms with van der Waals surface area (Å²) in [4.78, 5) is 10.7. The molecule has 6 heteroatoms. The van der Waals surface area contributed by atoms with Gasteiger partial charge in [0.2, 0.25) is 0 Å². The van der Waals surface area contributed by atoms with Crippen molar-refractivity contribution in [3.63, 3.8) is 0 Å². The maximum Gasteiger partial charge on any atom is 0.351 e. The number of hydrogen-bond acceptors (Lipinski definition) is 4. The number of rotatable bonds is 3. The van der Waals surface area contributed by atoms with Crippen molar-refractivity contribution in [2.75, 3.05) is 5.43 Å². The average molecular weight is 339 g/mol. The Kier molecular flexibility index (Phi) is 3.85. The summed E-state index contributed by atoms with van der Waals surface area (Å²) in [7, 11) is 0. The van der Waals surface area contributed by atoms with E-state index in [1.165, 1.54) is 6.92 Å². The lowest BCUT2D eigenvalue weighted by Crippen LogP contribution is -2.28. The Balaban J connectivity index is 2.40. The first-order valence-electron chi connectivity index (χ1n) is 6.04. The van der Waals surface area contributed by atoms with Gasteiger partial charge >= 0.3 is 5.97 Å². The summed E-state index contributed by atoms with van der Waals surface area (Å²) in [6.07, 6.45) is 3.94. The standard InChI is InChI=1S/C14H15BrN2O3/c1-8(13(18)19)16-17-11-5-4-10(15)9-6-7-14(2,3)20-12(9)11/h4-7,17H,1-3H3,(H,18,19)/b16-8+. The van der Waals surface area contributed by atoms with Gasteiger partial charge in [-0.25, -0.2) is 4.79 Å². The molecule has 0 saturated heterocycles. The molecule has 0 aromatic heterocycles. The molecule has 1 heterocycles. The van der Waals surface area contributed by atoms with Gasteiger partial charge < -0.3 is 9.84 Å². The molecule has 2 rings (SSSR count). The Labute approximate surface area is 125 Å². The molecule has 5 nitrogen and oxygen atoms in total. The molecule has 1 aliphatic rings. The second kappa shape index (κ2) is 5.28. The number of hydrazone groups is 1. The number of fused-ring (bicyclic) bond motifs is 1. The van der Waals surface area contributed by atoms with Crippen LogP contribution >= 0.6 is 15.9 Å². The number of hydrogen-bond donors (Lipinski definition) is 2. The summed E-state index contributed by atoms with van der Waals surface area (Å²) in [5.41, 5.74) is 3.83. The van der Waals surface area contributed by atoms with Crippen LogP contribution in [-0.2, 0) is 4.79 Å². The lowest BCUT2D eigenvalue weighted by Gasteiger charge is -2.29. The number of anilines is 1. The van der Waals surface area contributed by atoms with Crippen molar-refractivity contribution in [1.29, 1.82) is 0 Å². The fourth-order valence-corrected chi connectivity index (χ4v) is 2.15. The molecule has 0 bridgehead atoms. The number of carbonyl (C=O) groups is 1. The number of aliphatic carboxylic acids is 1. The van der Waals surface area contributed by atoms with Crippen LogP contribution in [0.4, 0.5) is 5.69 Å². The molecule has 0 saturated carbocycles. The Morgan fingerprint density at radius 3 is 2.80 bits per heavy atom. The highest BCUT2D eigenvalue weighted by atomic mass is 79.9. The lowest BCUT2D eigenvalue weighted by atomic mass is 10.0. The minimum atomic E-state index is -1.07. The van der Waals surface area contributed by atoms with E-state index in [0.717, 1.165) is 10.0 Å². The van der Waals surface area contributed by atoms with Crippen molar-refractivity contribution in [3.8, 4) is 5.75 Å². The SMILES string of the molecule is C/C(=N\Nc1ccc(Br)c2c1OC(C)(C)C=C2)C(=O)O. The number of nitrogens with zero attached hydrogens (tertiary/aromatic N) is 1. The van der Waals surface area contributed by atoms with Gasteiger partial charge in [0.05, 0.1) is 5.69 Å². The average Bonchev–Trinajstić information content (AvgIpc) is 2.36. The van der Waals surface area contributed by atoms with Gasteiger partial charge in [-0.15, -0.1) is 0 Å². The number of nitrogens with one attached hydrogen (secondary N) is 1. The van der Waals surface area contributed by atoms with Crippen molar-refractivity contribution in [3.05, 3.63) is 28.2 Å². The van der Waals surface area contributed by atoms with E-state index in [1.54, 1.807) is 6.07 Å². The minimum Gasteiger partial charge on any atom is -0.481 e. The number of halogens is 1. The van der Waals surface area contributed by atoms with E-state index < -0.39 is 11.6 Å². The van der Waals surface area contributed by atoms with Crippen molar-refractivity contribution in [2.24, 2.45) is 5.10 Å². The van der Waals surface area contributed by atoms with Crippen molar-refractivity contribution in [2.45, 2.75) is 26.4 Å². The maximum atomic E-state index is 10.7. The molecule has 1 aliphatic heterocycles. The third kappa shape index (κ3) is 3.01. The van der Waals surface area contributed by atoms with Crippen LogP contribution in [0.25, 0.3) is 6.08 Å². The highest BCUT2D eigenvalue weighted by Gasteiger charge is 2.25. The topological polar surface area (TPSA) is 70.9 Å². The van der Waals surface area contributed by atoms with Crippen LogP contribution in [0.1, 0.15) is 26.3 Å². The molecule has 20 heavy (non-hydrogen) atoms. The Bertz CT molecular complexity index is 621. The van der Waals surface area contributed by atoms with E-state index in [2.05, 4.69) is 26.5 Å². The van der Waals surface area contributed by atoms with Crippen LogP contribution in [-0.4, -0.2) is 22.4 Å². The second-order valence-electron chi connectivity index (χ2n) is 4.99. The van der Waals surface area contributed by atoms with Crippen molar-refractivity contribution in [1.82, 2.24) is 0 Å². The predicted octanol–water partition coefficient (Wildman–Crippen LogP) is 3.51. The van der Waals surface area contributed by atoms with Gasteiger partial charge in [-0.1, -0.05) is 22.0 Å². The molecule has 0 atom stereocenters. The van der Waals surface area contributed by atoms with Gasteiger partial charge in [0.25, 0.3) is 0 Å². The summed E-state index contributed by atoms with van der Waals surface area (Å²) in [6, 6.07) is 3.65. The molecule has 1 aromatic carbocycles. The number of benzene rings is 1. The van der Waals surface area contributed by atoms with Crippen molar-refractivity contribution < 1.29 is 14.6 Å². The third-order valence-electron chi connectivity index (χ3n) is 2.81. The molecule has 0 fully saturated rings. The predicted molar refractivity (Wildman–Crippen MR) is 82.3 cm³/mol. The highest BCUT2D eigenvalue weighted by molar-refractivity contribution is 9.10. The molecule has 0 radical (unpaired) electrons. The molecular formula is C14H15BrN2O3. The number of ether oxygens (including phenoxy) is 1. The van der Waals surface area contributed by atoms with Gasteiger partial charge in [0, 0.05) is 10.0 Å². The monoisotopic (exact) mass is 338 g/mol. The molecule has 0 unspecified atom stereocenters. The van der Waals surface area contributed by atoms with Gasteiger partial charge in [-0.2, -0.15) is 5.10 Å². The highest BCUT2D eigenvalue weighted by Crippen LogP contribution is 2.41. The Morgan fingerprint density at radius 2 is 2.15 bits per heavy atom. The number of carboxylic acids is 1. The summed E-state index contributed by atoms with van der Waals surface area (Å²) >= 11 is 3.47. The molecule has 0 spiro atoms. The van der Waals surface area contributed by atoms with Gasteiger partial charge in [-0.3, -0.25) is 5.43 Å². The minimum absolute atomic E-state index is 0.0210. The zero-order valence-electron chi connectivity index (χ0n) is 11.4. The zero-order chi connectivity index (χ0) is 14.9. The quantitative estimate of drug-likeness (QED) is 0.653. The molecule has 106 valence electrons. The fraction of sp³-hybridized carbons (Fsp3) is 0.286. The summed E-state index contributed by atoms with van der Waals surface area (Å²) < 4.78 is 6.83. The normalized spacial score (nSPS) is 16.3. The summed E-state index contributed by atoms with van der Waals surface area (Å²) in [6.45, 7) is 5.32. The second-order valence-corrected chi connectivity index (χ2v) is 5.85. The molecule has 0 amide bonds. The maximum absolute atomic E-state index is 10.7. The van der Waals surface area contributed by atoms with Gasteiger partial charge in [0.1, 0.15) is 11.3 Å². The first kappa shape index (κ1) is 14.6. The van der Waals surface area contributed by atoms with E-state index in [0.29, 0.717) is 11.4 Å². The van der Waals surface area contributed by atoms with Crippen LogP contribution in [0, 0.1) is 0 Å². The molecular weight excluding hydrogens is 324 g/mol. The third-order valence-corrected chi connectivity index (χ3v) is 3.50. The lowest BCUT2D eigenvalue weighted by molar-refractivity contribution is -0.129. The van der Waals surface area contributed by atoms with Crippen molar-refractivity contribution >= 4 is 39.4 Å².